The van der Waals surface area contributed by atoms with Gasteiger partial charge >= 0.3 is 5.97 Å². The van der Waals surface area contributed by atoms with Gasteiger partial charge in [-0.25, -0.2) is 4.79 Å². The molecule has 1 saturated heterocycles. The molecular weight excluding hydrogens is 314 g/mol. The normalized spacial score (nSPS) is 17.2. The zero-order valence-electron chi connectivity index (χ0n) is 14.6. The number of rotatable bonds is 5. The minimum Gasteiger partial charge on any atom is -0.465 e. The molecule has 1 N–H and O–H groups in total. The van der Waals surface area contributed by atoms with Crippen molar-refractivity contribution >= 4 is 5.97 Å². The van der Waals surface area contributed by atoms with Gasteiger partial charge in [-0.1, -0.05) is 42.5 Å². The summed E-state index contributed by atoms with van der Waals surface area (Å²) < 4.78 is 4.72. The predicted octanol–water partition coefficient (Wildman–Crippen LogP) is 3.42. The van der Waals surface area contributed by atoms with E-state index in [9.17, 15) is 9.90 Å². The maximum absolute atomic E-state index is 11.5. The van der Waals surface area contributed by atoms with E-state index in [0.717, 1.165) is 38.0 Å². The lowest BCUT2D eigenvalue weighted by atomic mass is 9.87. The Hall–Kier alpha value is -2.17. The molecule has 0 unspecified atom stereocenters. The van der Waals surface area contributed by atoms with E-state index >= 15 is 0 Å². The third kappa shape index (κ3) is 4.47. The Morgan fingerprint density at radius 1 is 1.12 bits per heavy atom. The number of esters is 1. The Morgan fingerprint density at radius 3 is 2.36 bits per heavy atom. The number of carbonyl (C=O) groups excluding carboxylic acids is 1. The monoisotopic (exact) mass is 339 g/mol. The molecule has 1 atom stereocenters. The fourth-order valence-corrected chi connectivity index (χ4v) is 3.47. The second-order valence-corrected chi connectivity index (χ2v) is 6.66. The van der Waals surface area contributed by atoms with Crippen LogP contribution < -0.4 is 0 Å². The van der Waals surface area contributed by atoms with Gasteiger partial charge in [0.2, 0.25) is 0 Å². The molecule has 3 rings (SSSR count). The third-order valence-electron chi connectivity index (χ3n) is 5.00. The number of likely N-dealkylation sites (tertiary alicyclic amines) is 1. The summed E-state index contributed by atoms with van der Waals surface area (Å²) in [7, 11) is 1.39. The van der Waals surface area contributed by atoms with Crippen LogP contribution in [0, 0.1) is 5.92 Å². The number of benzene rings is 2. The number of piperidine rings is 1. The summed E-state index contributed by atoms with van der Waals surface area (Å²) in [6.07, 6.45) is 1.62. The predicted molar refractivity (Wildman–Crippen MR) is 97.2 cm³/mol. The molecule has 1 heterocycles. The zero-order chi connectivity index (χ0) is 17.6. The van der Waals surface area contributed by atoms with Gasteiger partial charge in [0.25, 0.3) is 0 Å². The van der Waals surface area contributed by atoms with Crippen molar-refractivity contribution in [3.8, 4) is 0 Å². The highest BCUT2D eigenvalue weighted by atomic mass is 16.5. The number of nitrogens with zero attached hydrogens (tertiary/aromatic N) is 1. The minimum absolute atomic E-state index is 0.303. The first-order chi connectivity index (χ1) is 12.2. The molecule has 1 fully saturated rings. The summed E-state index contributed by atoms with van der Waals surface area (Å²) >= 11 is 0. The van der Waals surface area contributed by atoms with Gasteiger partial charge in [0, 0.05) is 6.54 Å². The summed E-state index contributed by atoms with van der Waals surface area (Å²) in [6, 6.07) is 17.5. The molecule has 4 nitrogen and oxygen atoms in total. The van der Waals surface area contributed by atoms with E-state index in [0.29, 0.717) is 11.5 Å². The zero-order valence-corrected chi connectivity index (χ0v) is 14.6. The quantitative estimate of drug-likeness (QED) is 0.848. The molecule has 2 aromatic rings. The average Bonchev–Trinajstić information content (AvgIpc) is 2.68. The Morgan fingerprint density at radius 2 is 1.76 bits per heavy atom. The van der Waals surface area contributed by atoms with Gasteiger partial charge in [-0.2, -0.15) is 0 Å². The summed E-state index contributed by atoms with van der Waals surface area (Å²) in [5.74, 6) is 0.0163. The number of aliphatic hydroxyl groups is 1. The molecule has 0 aliphatic carbocycles. The maximum Gasteiger partial charge on any atom is 0.337 e. The van der Waals surface area contributed by atoms with Crippen LogP contribution in [0.5, 0.6) is 0 Å². The fourth-order valence-electron chi connectivity index (χ4n) is 3.47. The molecule has 132 valence electrons. The second kappa shape index (κ2) is 8.28. The van der Waals surface area contributed by atoms with Gasteiger partial charge in [0.15, 0.2) is 0 Å². The van der Waals surface area contributed by atoms with Gasteiger partial charge in [0.1, 0.15) is 0 Å². The number of methoxy groups -OCH3 is 1. The number of ether oxygens (including phenoxy) is 1. The highest BCUT2D eigenvalue weighted by molar-refractivity contribution is 5.89. The highest BCUT2D eigenvalue weighted by Gasteiger charge is 2.26. The van der Waals surface area contributed by atoms with Crippen LogP contribution in [0.25, 0.3) is 0 Å². The van der Waals surface area contributed by atoms with Crippen LogP contribution in [0.2, 0.25) is 0 Å². The molecule has 1 aliphatic rings. The second-order valence-electron chi connectivity index (χ2n) is 6.66. The molecule has 0 amide bonds. The lowest BCUT2D eigenvalue weighted by molar-refractivity contribution is 0.0568. The summed E-state index contributed by atoms with van der Waals surface area (Å²) in [6.45, 7) is 2.83. The highest BCUT2D eigenvalue weighted by Crippen LogP contribution is 2.31. The molecule has 25 heavy (non-hydrogen) atoms. The summed E-state index contributed by atoms with van der Waals surface area (Å²) in [4.78, 5) is 13.9. The number of carbonyl (C=O) groups is 1. The summed E-state index contributed by atoms with van der Waals surface area (Å²) in [5, 5.41) is 10.6. The molecule has 0 bridgehead atoms. The molecular formula is C21H25NO3. The topological polar surface area (TPSA) is 49.8 Å². The van der Waals surface area contributed by atoms with Crippen molar-refractivity contribution in [2.45, 2.75) is 25.5 Å². The Labute approximate surface area is 149 Å². The first kappa shape index (κ1) is 17.6. The van der Waals surface area contributed by atoms with Gasteiger partial charge in [-0.3, -0.25) is 4.90 Å². The van der Waals surface area contributed by atoms with E-state index < -0.39 is 0 Å². The average molecular weight is 339 g/mol. The van der Waals surface area contributed by atoms with E-state index in [1.54, 1.807) is 0 Å². The first-order valence-corrected chi connectivity index (χ1v) is 8.80. The smallest absolute Gasteiger partial charge is 0.337 e. The van der Waals surface area contributed by atoms with Crippen molar-refractivity contribution in [2.75, 3.05) is 20.2 Å². The molecule has 0 radical (unpaired) electrons. The SMILES string of the molecule is COC(=O)c1ccc(CN2CCC([C@H](O)c3ccccc3)CC2)cc1. The number of hydrogen-bond acceptors (Lipinski definition) is 4. The van der Waals surface area contributed by atoms with Crippen molar-refractivity contribution in [2.24, 2.45) is 5.92 Å². The lowest BCUT2D eigenvalue weighted by Gasteiger charge is -2.34. The van der Waals surface area contributed by atoms with Crippen molar-refractivity contribution in [1.29, 1.82) is 0 Å². The molecule has 0 saturated carbocycles. The third-order valence-corrected chi connectivity index (χ3v) is 5.00. The van der Waals surface area contributed by atoms with Gasteiger partial charge in [-0.05, 0) is 55.1 Å². The van der Waals surface area contributed by atoms with Crippen LogP contribution in [0.15, 0.2) is 54.6 Å². The molecule has 4 heteroatoms. The molecule has 1 aliphatic heterocycles. The maximum atomic E-state index is 11.5. The fraction of sp³-hybridized carbons (Fsp3) is 0.381. The van der Waals surface area contributed by atoms with Crippen molar-refractivity contribution in [1.82, 2.24) is 4.90 Å². The van der Waals surface area contributed by atoms with E-state index in [-0.39, 0.29) is 12.1 Å². The lowest BCUT2D eigenvalue weighted by Crippen LogP contribution is -2.35. The van der Waals surface area contributed by atoms with E-state index in [1.807, 2.05) is 54.6 Å². The van der Waals surface area contributed by atoms with Crippen LogP contribution >= 0.6 is 0 Å². The Balaban J connectivity index is 1.52. The largest absolute Gasteiger partial charge is 0.465 e. The van der Waals surface area contributed by atoms with E-state index in [4.69, 9.17) is 4.74 Å². The summed E-state index contributed by atoms with van der Waals surface area (Å²) in [5.41, 5.74) is 2.78. The molecule has 0 aromatic heterocycles. The minimum atomic E-state index is -0.373. The van der Waals surface area contributed by atoms with Crippen LogP contribution in [0.4, 0.5) is 0 Å². The van der Waals surface area contributed by atoms with Crippen molar-refractivity contribution < 1.29 is 14.6 Å². The standard InChI is InChI=1S/C21H25NO3/c1-25-21(24)19-9-7-16(8-10-19)15-22-13-11-18(12-14-22)20(23)17-5-3-2-4-6-17/h2-10,18,20,23H,11-15H2,1H3/t20-/m1/s1. The van der Waals surface area contributed by atoms with E-state index in [1.165, 1.54) is 12.7 Å². The van der Waals surface area contributed by atoms with Crippen LogP contribution in [-0.2, 0) is 11.3 Å². The van der Waals surface area contributed by atoms with Crippen LogP contribution in [0.3, 0.4) is 0 Å². The number of hydrogen-bond donors (Lipinski definition) is 1. The van der Waals surface area contributed by atoms with Crippen LogP contribution in [0.1, 0.15) is 40.4 Å². The number of aliphatic hydroxyl groups excluding tert-OH is 1. The van der Waals surface area contributed by atoms with Gasteiger partial charge in [-0.15, -0.1) is 0 Å². The van der Waals surface area contributed by atoms with Crippen LogP contribution in [-0.4, -0.2) is 36.2 Å². The molecule has 2 aromatic carbocycles. The van der Waals surface area contributed by atoms with Crippen molar-refractivity contribution in [3.63, 3.8) is 0 Å². The van der Waals surface area contributed by atoms with Gasteiger partial charge in [0.05, 0.1) is 18.8 Å². The van der Waals surface area contributed by atoms with Gasteiger partial charge < -0.3 is 9.84 Å². The Bertz CT molecular complexity index is 676. The first-order valence-electron chi connectivity index (χ1n) is 8.80. The van der Waals surface area contributed by atoms with E-state index in [2.05, 4.69) is 4.90 Å². The Kier molecular flexibility index (Phi) is 5.84. The van der Waals surface area contributed by atoms with Crippen molar-refractivity contribution in [3.05, 3.63) is 71.3 Å². The molecule has 0 spiro atoms.